The predicted octanol–water partition coefficient (Wildman–Crippen LogP) is 3.66. The number of fused-ring (bicyclic) bond motifs is 3. The van der Waals surface area contributed by atoms with Crippen molar-refractivity contribution in [1.29, 1.82) is 0 Å². The predicted molar refractivity (Wildman–Crippen MR) is 131 cm³/mol. The molecule has 2 N–H and O–H groups in total. The Morgan fingerprint density at radius 2 is 1.94 bits per heavy atom. The van der Waals surface area contributed by atoms with Crippen LogP contribution < -0.4 is 20.9 Å². The Labute approximate surface area is 199 Å². The van der Waals surface area contributed by atoms with Gasteiger partial charge in [0.05, 0.1) is 23.9 Å². The molecule has 4 rings (SSSR count). The Bertz CT molecular complexity index is 1250. The van der Waals surface area contributed by atoms with E-state index in [-0.39, 0.29) is 17.4 Å². The van der Waals surface area contributed by atoms with Crippen molar-refractivity contribution >= 4 is 45.3 Å². The number of amides is 3. The first kappa shape index (κ1) is 23.3. The Hall–Kier alpha value is -2.85. The van der Waals surface area contributed by atoms with Gasteiger partial charge in [-0.05, 0) is 69.4 Å². The Kier molecular flexibility index (Phi) is 7.04. The quantitative estimate of drug-likeness (QED) is 0.407. The Morgan fingerprint density at radius 1 is 1.21 bits per heavy atom. The average molecular weight is 487 g/mol. The number of urea groups is 1. The average Bonchev–Trinajstić information content (AvgIpc) is 3.16. The highest BCUT2D eigenvalue weighted by Crippen LogP contribution is 2.35. The minimum Gasteiger partial charge on any atom is -0.497 e. The van der Waals surface area contributed by atoms with Crippen LogP contribution in [0.4, 0.5) is 4.79 Å². The second-order valence-corrected chi connectivity index (χ2v) is 10.1. The monoisotopic (exact) mass is 486 g/mol. The van der Waals surface area contributed by atoms with E-state index in [9.17, 15) is 14.4 Å². The molecule has 0 fully saturated rings. The third-order valence-electron chi connectivity index (χ3n) is 5.29. The van der Waals surface area contributed by atoms with Gasteiger partial charge in [-0.25, -0.2) is 9.78 Å². The fourth-order valence-corrected chi connectivity index (χ4v) is 5.95. The summed E-state index contributed by atoms with van der Waals surface area (Å²) < 4.78 is 6.79. The molecule has 33 heavy (non-hydrogen) atoms. The molecule has 8 nitrogen and oxygen atoms in total. The lowest BCUT2D eigenvalue weighted by Crippen LogP contribution is -2.43. The summed E-state index contributed by atoms with van der Waals surface area (Å²) in [6, 6.07) is 6.54. The number of hydrogen-bond acceptors (Lipinski definition) is 7. The van der Waals surface area contributed by atoms with Gasteiger partial charge < -0.3 is 10.1 Å². The number of aromatic nitrogens is 2. The van der Waals surface area contributed by atoms with Gasteiger partial charge in [-0.2, -0.15) is 0 Å². The first-order chi connectivity index (χ1) is 15.9. The fraction of sp³-hybridized carbons (Fsp3) is 0.391. The SMILES string of the molecule is COc1ccc(-n2c(SCC(=O)NC(=O)NC(C)C)nc3sc4c(c3c2=O)CCCC4)cc1. The van der Waals surface area contributed by atoms with E-state index in [2.05, 4.69) is 10.6 Å². The van der Waals surface area contributed by atoms with Crippen molar-refractivity contribution < 1.29 is 14.3 Å². The van der Waals surface area contributed by atoms with Crippen LogP contribution in [0.3, 0.4) is 0 Å². The smallest absolute Gasteiger partial charge is 0.321 e. The van der Waals surface area contributed by atoms with E-state index in [1.54, 1.807) is 47.3 Å². The van der Waals surface area contributed by atoms with E-state index >= 15 is 0 Å². The summed E-state index contributed by atoms with van der Waals surface area (Å²) in [6.07, 6.45) is 4.03. The maximum Gasteiger partial charge on any atom is 0.321 e. The number of thiophene rings is 1. The summed E-state index contributed by atoms with van der Waals surface area (Å²) in [4.78, 5) is 44.6. The van der Waals surface area contributed by atoms with Gasteiger partial charge in [0.25, 0.3) is 5.56 Å². The summed E-state index contributed by atoms with van der Waals surface area (Å²) in [5.41, 5.74) is 1.62. The second-order valence-electron chi connectivity index (χ2n) is 8.09. The molecule has 0 aliphatic heterocycles. The molecular formula is C23H26N4O4S2. The van der Waals surface area contributed by atoms with E-state index in [1.807, 2.05) is 13.8 Å². The van der Waals surface area contributed by atoms with E-state index < -0.39 is 11.9 Å². The molecule has 0 unspecified atom stereocenters. The lowest BCUT2D eigenvalue weighted by Gasteiger charge is -2.14. The van der Waals surface area contributed by atoms with Crippen LogP contribution >= 0.6 is 23.1 Å². The lowest BCUT2D eigenvalue weighted by atomic mass is 9.97. The first-order valence-corrected chi connectivity index (χ1v) is 12.6. The molecule has 1 aliphatic rings. The number of hydrogen-bond donors (Lipinski definition) is 2. The molecule has 0 saturated carbocycles. The third-order valence-corrected chi connectivity index (χ3v) is 7.42. The topological polar surface area (TPSA) is 102 Å². The molecule has 2 heterocycles. The van der Waals surface area contributed by atoms with Crippen molar-refractivity contribution in [3.63, 3.8) is 0 Å². The summed E-state index contributed by atoms with van der Waals surface area (Å²) in [5.74, 6) is 0.169. The number of benzene rings is 1. The van der Waals surface area contributed by atoms with Gasteiger partial charge in [0.2, 0.25) is 5.91 Å². The van der Waals surface area contributed by atoms with Crippen molar-refractivity contribution in [3.8, 4) is 11.4 Å². The molecule has 0 radical (unpaired) electrons. The van der Waals surface area contributed by atoms with Gasteiger partial charge in [-0.15, -0.1) is 11.3 Å². The fourth-order valence-electron chi connectivity index (χ4n) is 3.83. The molecule has 0 spiro atoms. The van der Waals surface area contributed by atoms with E-state index in [4.69, 9.17) is 9.72 Å². The highest BCUT2D eigenvalue weighted by Gasteiger charge is 2.23. The van der Waals surface area contributed by atoms with Gasteiger partial charge in [0.15, 0.2) is 5.16 Å². The highest BCUT2D eigenvalue weighted by molar-refractivity contribution is 7.99. The molecule has 2 aromatic heterocycles. The summed E-state index contributed by atoms with van der Waals surface area (Å²) >= 11 is 2.70. The number of aryl methyl sites for hydroxylation is 2. The molecule has 174 valence electrons. The molecule has 0 atom stereocenters. The standard InChI is InChI=1S/C23H26N4O4S2/c1-13(2)24-22(30)25-18(28)12-32-23-26-20-19(16-6-4-5-7-17(16)33-20)21(29)27(23)14-8-10-15(31-3)11-9-14/h8-11,13H,4-7,12H2,1-3H3,(H2,24,25,28,30). The third kappa shape index (κ3) is 5.06. The number of methoxy groups -OCH3 is 1. The number of ether oxygens (including phenoxy) is 1. The van der Waals surface area contributed by atoms with Crippen LogP contribution in [0.2, 0.25) is 0 Å². The maximum atomic E-state index is 13.7. The van der Waals surface area contributed by atoms with Crippen molar-refractivity contribution in [1.82, 2.24) is 20.2 Å². The molecule has 0 bridgehead atoms. The molecule has 3 aromatic rings. The van der Waals surface area contributed by atoms with Crippen molar-refractivity contribution in [2.24, 2.45) is 0 Å². The Morgan fingerprint density at radius 3 is 2.64 bits per heavy atom. The van der Waals surface area contributed by atoms with Crippen molar-refractivity contribution in [3.05, 3.63) is 45.1 Å². The minimum absolute atomic E-state index is 0.0509. The van der Waals surface area contributed by atoms with Gasteiger partial charge in [0, 0.05) is 10.9 Å². The first-order valence-electron chi connectivity index (χ1n) is 10.8. The lowest BCUT2D eigenvalue weighted by molar-refractivity contribution is -0.117. The molecule has 1 aliphatic carbocycles. The summed E-state index contributed by atoms with van der Waals surface area (Å²) in [5, 5.41) is 6.02. The number of nitrogens with one attached hydrogen (secondary N) is 2. The van der Waals surface area contributed by atoms with Crippen LogP contribution in [0.15, 0.2) is 34.2 Å². The van der Waals surface area contributed by atoms with Crippen LogP contribution in [0.1, 0.15) is 37.1 Å². The van der Waals surface area contributed by atoms with E-state index in [0.717, 1.165) is 43.0 Å². The number of nitrogens with zero attached hydrogens (tertiary/aromatic N) is 2. The number of rotatable bonds is 6. The van der Waals surface area contributed by atoms with Gasteiger partial charge in [-0.1, -0.05) is 11.8 Å². The van der Waals surface area contributed by atoms with E-state index in [0.29, 0.717) is 26.8 Å². The number of thioether (sulfide) groups is 1. The van der Waals surface area contributed by atoms with Gasteiger partial charge in [-0.3, -0.25) is 19.5 Å². The van der Waals surface area contributed by atoms with Crippen LogP contribution in [-0.4, -0.2) is 40.4 Å². The van der Waals surface area contributed by atoms with Crippen molar-refractivity contribution in [2.45, 2.75) is 50.7 Å². The largest absolute Gasteiger partial charge is 0.497 e. The van der Waals surface area contributed by atoms with Gasteiger partial charge >= 0.3 is 6.03 Å². The summed E-state index contributed by atoms with van der Waals surface area (Å²) in [7, 11) is 1.59. The van der Waals surface area contributed by atoms with Crippen molar-refractivity contribution in [2.75, 3.05) is 12.9 Å². The van der Waals surface area contributed by atoms with Crippen LogP contribution in [0, 0.1) is 0 Å². The summed E-state index contributed by atoms with van der Waals surface area (Å²) in [6.45, 7) is 3.62. The molecule has 10 heteroatoms. The van der Waals surface area contributed by atoms with Crippen LogP contribution in [-0.2, 0) is 17.6 Å². The molecule has 0 saturated heterocycles. The van der Waals surface area contributed by atoms with Gasteiger partial charge in [0.1, 0.15) is 10.6 Å². The maximum absolute atomic E-state index is 13.7. The highest BCUT2D eigenvalue weighted by atomic mass is 32.2. The van der Waals surface area contributed by atoms with Crippen LogP contribution in [0.25, 0.3) is 15.9 Å². The molecule has 1 aromatic carbocycles. The molecule has 3 amide bonds. The number of carbonyl (C=O) groups is 2. The Balaban J connectivity index is 1.71. The normalized spacial score (nSPS) is 13.1. The number of carbonyl (C=O) groups excluding carboxylic acids is 2. The minimum atomic E-state index is -0.544. The van der Waals surface area contributed by atoms with Crippen LogP contribution in [0.5, 0.6) is 5.75 Å². The molecular weight excluding hydrogens is 460 g/mol. The second kappa shape index (κ2) is 9.96. The number of imide groups is 1. The zero-order valence-corrected chi connectivity index (χ0v) is 20.4. The van der Waals surface area contributed by atoms with E-state index in [1.165, 1.54) is 4.88 Å². The zero-order valence-electron chi connectivity index (χ0n) is 18.8. The zero-order chi connectivity index (χ0) is 23.5.